The first-order valence-electron chi connectivity index (χ1n) is 8.78. The summed E-state index contributed by atoms with van der Waals surface area (Å²) in [6.07, 6.45) is 6.16. The monoisotopic (exact) mass is 314 g/mol. The molecule has 0 radical (unpaired) electrons. The quantitative estimate of drug-likeness (QED) is 0.928. The van der Waals surface area contributed by atoms with Gasteiger partial charge in [0.05, 0.1) is 0 Å². The maximum Gasteiger partial charge on any atom is 0.227 e. The lowest BCUT2D eigenvalue weighted by atomic mass is 9.88. The third kappa shape index (κ3) is 3.92. The van der Waals surface area contributed by atoms with Gasteiger partial charge in [0.15, 0.2) is 0 Å². The molecule has 1 aromatic carbocycles. The first-order chi connectivity index (χ1) is 11.1. The predicted octanol–water partition coefficient (Wildman–Crippen LogP) is 3.04. The van der Waals surface area contributed by atoms with Crippen LogP contribution in [0.2, 0.25) is 0 Å². The average molecular weight is 314 g/mol. The van der Waals surface area contributed by atoms with Crippen molar-refractivity contribution in [3.63, 3.8) is 0 Å². The Morgan fingerprint density at radius 1 is 1.17 bits per heavy atom. The van der Waals surface area contributed by atoms with Gasteiger partial charge in [-0.05, 0) is 31.9 Å². The summed E-state index contributed by atoms with van der Waals surface area (Å²) in [7, 11) is 0. The van der Waals surface area contributed by atoms with E-state index in [-0.39, 0.29) is 23.7 Å². The molecule has 1 aromatic rings. The van der Waals surface area contributed by atoms with E-state index in [0.29, 0.717) is 19.5 Å². The minimum atomic E-state index is 0.158. The van der Waals surface area contributed by atoms with Crippen LogP contribution in [0.15, 0.2) is 24.3 Å². The molecule has 1 heterocycles. The topological polar surface area (TPSA) is 49.4 Å². The minimum Gasteiger partial charge on any atom is -0.356 e. The summed E-state index contributed by atoms with van der Waals surface area (Å²) in [5.41, 5.74) is 2.15. The Kier molecular flexibility index (Phi) is 4.99. The number of nitrogens with zero attached hydrogens (tertiary/aromatic N) is 1. The lowest BCUT2D eigenvalue weighted by molar-refractivity contribution is -0.126. The molecule has 0 aromatic heterocycles. The van der Waals surface area contributed by atoms with Gasteiger partial charge >= 0.3 is 0 Å². The molecule has 0 spiro atoms. The van der Waals surface area contributed by atoms with E-state index in [4.69, 9.17) is 0 Å². The number of amides is 2. The van der Waals surface area contributed by atoms with E-state index in [1.165, 1.54) is 24.8 Å². The average Bonchev–Trinajstić information content (AvgIpc) is 2.95. The molecule has 23 heavy (non-hydrogen) atoms. The van der Waals surface area contributed by atoms with Crippen molar-refractivity contribution in [3.8, 4) is 0 Å². The van der Waals surface area contributed by atoms with Crippen LogP contribution in [0.4, 0.5) is 5.69 Å². The molecule has 1 saturated heterocycles. The van der Waals surface area contributed by atoms with E-state index >= 15 is 0 Å². The number of anilines is 1. The van der Waals surface area contributed by atoms with Crippen LogP contribution in [0.3, 0.4) is 0 Å². The highest BCUT2D eigenvalue weighted by atomic mass is 16.2. The van der Waals surface area contributed by atoms with Gasteiger partial charge in [0.1, 0.15) is 0 Å². The van der Waals surface area contributed by atoms with Crippen LogP contribution < -0.4 is 10.2 Å². The van der Waals surface area contributed by atoms with Crippen LogP contribution in [0.1, 0.15) is 44.1 Å². The van der Waals surface area contributed by atoms with E-state index in [0.717, 1.165) is 18.5 Å². The normalized spacial score (nSPS) is 22.4. The van der Waals surface area contributed by atoms with Crippen LogP contribution in [0.5, 0.6) is 0 Å². The van der Waals surface area contributed by atoms with Crippen LogP contribution in [-0.2, 0) is 9.59 Å². The Balaban J connectivity index is 1.51. The Hall–Kier alpha value is -1.84. The largest absolute Gasteiger partial charge is 0.356 e. The second-order valence-corrected chi connectivity index (χ2v) is 6.99. The van der Waals surface area contributed by atoms with E-state index in [9.17, 15) is 9.59 Å². The molecule has 1 N–H and O–H groups in total. The maximum absolute atomic E-state index is 12.2. The third-order valence-electron chi connectivity index (χ3n) is 5.09. The second-order valence-electron chi connectivity index (χ2n) is 6.99. The van der Waals surface area contributed by atoms with Crippen molar-refractivity contribution in [2.24, 2.45) is 11.8 Å². The van der Waals surface area contributed by atoms with Gasteiger partial charge in [-0.3, -0.25) is 9.59 Å². The molecule has 1 atom stereocenters. The molecule has 4 nitrogen and oxygen atoms in total. The van der Waals surface area contributed by atoms with Crippen LogP contribution >= 0.6 is 0 Å². The van der Waals surface area contributed by atoms with Gasteiger partial charge in [0, 0.05) is 37.0 Å². The van der Waals surface area contributed by atoms with Crippen molar-refractivity contribution in [2.45, 2.75) is 45.4 Å². The van der Waals surface area contributed by atoms with E-state index in [2.05, 4.69) is 5.32 Å². The third-order valence-corrected chi connectivity index (χ3v) is 5.09. The van der Waals surface area contributed by atoms with Gasteiger partial charge in [-0.15, -0.1) is 0 Å². The zero-order valence-corrected chi connectivity index (χ0v) is 13.9. The lowest BCUT2D eigenvalue weighted by Crippen LogP contribution is -2.36. The predicted molar refractivity (Wildman–Crippen MR) is 91.2 cm³/mol. The van der Waals surface area contributed by atoms with Crippen LogP contribution in [0, 0.1) is 18.8 Å². The van der Waals surface area contributed by atoms with Gasteiger partial charge in [-0.25, -0.2) is 0 Å². The highest BCUT2D eigenvalue weighted by Gasteiger charge is 2.31. The van der Waals surface area contributed by atoms with Gasteiger partial charge in [0.25, 0.3) is 0 Å². The molecule has 4 heteroatoms. The number of carbonyl (C=O) groups is 2. The molecule has 0 bridgehead atoms. The van der Waals surface area contributed by atoms with Gasteiger partial charge < -0.3 is 10.2 Å². The molecule has 2 aliphatic rings. The summed E-state index contributed by atoms with van der Waals surface area (Å²) >= 11 is 0. The second kappa shape index (κ2) is 7.16. The molecule has 1 aliphatic heterocycles. The van der Waals surface area contributed by atoms with Gasteiger partial charge in [-0.2, -0.15) is 0 Å². The minimum absolute atomic E-state index is 0.158. The molecule has 1 saturated carbocycles. The summed E-state index contributed by atoms with van der Waals surface area (Å²) in [5, 5.41) is 3.08. The summed E-state index contributed by atoms with van der Waals surface area (Å²) in [6, 6.07) is 8.05. The van der Waals surface area contributed by atoms with Crippen molar-refractivity contribution < 1.29 is 9.59 Å². The molecular formula is C19H26N2O2. The van der Waals surface area contributed by atoms with Crippen molar-refractivity contribution in [1.82, 2.24) is 5.32 Å². The Labute approximate surface area is 138 Å². The Bertz CT molecular complexity index is 561. The maximum atomic E-state index is 12.2. The fraction of sp³-hybridized carbons (Fsp3) is 0.579. The summed E-state index contributed by atoms with van der Waals surface area (Å²) in [4.78, 5) is 26.3. The highest BCUT2D eigenvalue weighted by Crippen LogP contribution is 2.26. The molecule has 3 rings (SSSR count). The number of hydrogen-bond acceptors (Lipinski definition) is 2. The summed E-state index contributed by atoms with van der Waals surface area (Å²) < 4.78 is 0. The zero-order valence-electron chi connectivity index (χ0n) is 13.9. The first-order valence-corrected chi connectivity index (χ1v) is 8.78. The number of rotatable bonds is 4. The molecule has 124 valence electrons. The van der Waals surface area contributed by atoms with Crippen molar-refractivity contribution in [1.29, 1.82) is 0 Å². The van der Waals surface area contributed by atoms with E-state index in [1.807, 2.05) is 36.1 Å². The van der Waals surface area contributed by atoms with Gasteiger partial charge in [0.2, 0.25) is 11.8 Å². The van der Waals surface area contributed by atoms with Crippen molar-refractivity contribution in [2.75, 3.05) is 18.0 Å². The summed E-state index contributed by atoms with van der Waals surface area (Å²) in [5.74, 6) is 0.752. The fourth-order valence-corrected chi connectivity index (χ4v) is 3.65. The highest BCUT2D eigenvalue weighted by molar-refractivity contribution is 5.95. The van der Waals surface area contributed by atoms with E-state index < -0.39 is 0 Å². The SMILES string of the molecule is Cc1ccc(N2CC(CNC(=O)C3CCCCC3)CC2=O)cc1. The molecule has 2 amide bonds. The number of hydrogen-bond donors (Lipinski definition) is 1. The fourth-order valence-electron chi connectivity index (χ4n) is 3.65. The van der Waals surface area contributed by atoms with Crippen LogP contribution in [0.25, 0.3) is 0 Å². The number of benzene rings is 1. The smallest absolute Gasteiger partial charge is 0.227 e. The number of carbonyl (C=O) groups excluding carboxylic acids is 2. The van der Waals surface area contributed by atoms with Gasteiger partial charge in [-0.1, -0.05) is 37.0 Å². The number of aryl methyl sites for hydroxylation is 1. The standard InChI is InChI=1S/C19H26N2O2/c1-14-7-9-17(10-8-14)21-13-15(11-18(21)22)12-20-19(23)16-5-3-2-4-6-16/h7-10,15-16H,2-6,11-13H2,1H3,(H,20,23). The number of nitrogens with one attached hydrogen (secondary N) is 1. The molecule has 1 unspecified atom stereocenters. The van der Waals surface area contributed by atoms with Crippen LogP contribution in [-0.4, -0.2) is 24.9 Å². The first kappa shape index (κ1) is 16.0. The molecule has 1 aliphatic carbocycles. The zero-order chi connectivity index (χ0) is 16.2. The van der Waals surface area contributed by atoms with Crippen molar-refractivity contribution in [3.05, 3.63) is 29.8 Å². The summed E-state index contributed by atoms with van der Waals surface area (Å²) in [6.45, 7) is 3.36. The van der Waals surface area contributed by atoms with Crippen molar-refractivity contribution >= 4 is 17.5 Å². The van der Waals surface area contributed by atoms with E-state index in [1.54, 1.807) is 0 Å². The lowest BCUT2D eigenvalue weighted by Gasteiger charge is -2.22. The molecular weight excluding hydrogens is 288 g/mol. The Morgan fingerprint density at radius 3 is 2.57 bits per heavy atom. The molecule has 2 fully saturated rings. The Morgan fingerprint density at radius 2 is 1.87 bits per heavy atom.